The van der Waals surface area contributed by atoms with Crippen molar-refractivity contribution in [2.24, 2.45) is 5.92 Å². The second-order valence-electron chi connectivity index (χ2n) is 5.34. The predicted molar refractivity (Wildman–Crippen MR) is 82.2 cm³/mol. The monoisotopic (exact) mass is 278 g/mol. The van der Waals surface area contributed by atoms with Crippen LogP contribution in [0.3, 0.4) is 0 Å². The van der Waals surface area contributed by atoms with Gasteiger partial charge < -0.3 is 10.3 Å². The lowest BCUT2D eigenvalue weighted by Gasteiger charge is -2.12. The second kappa shape index (κ2) is 7.88. The molecule has 1 rings (SSSR count). The Morgan fingerprint density at radius 1 is 1.35 bits per heavy atom. The van der Waals surface area contributed by atoms with Crippen molar-refractivity contribution in [1.82, 2.24) is 10.3 Å². The largest absolute Gasteiger partial charge is 0.352 e. The van der Waals surface area contributed by atoms with Crippen molar-refractivity contribution in [3.63, 3.8) is 0 Å². The maximum Gasteiger partial charge on any atom is 0.261 e. The topological polar surface area (TPSA) is 62.0 Å². The van der Waals surface area contributed by atoms with Gasteiger partial charge in [-0.3, -0.25) is 9.59 Å². The first-order valence-corrected chi connectivity index (χ1v) is 7.56. The molecule has 0 saturated carbocycles. The molecule has 0 spiro atoms. The van der Waals surface area contributed by atoms with Gasteiger partial charge in [-0.2, -0.15) is 0 Å². The molecule has 4 heteroatoms. The smallest absolute Gasteiger partial charge is 0.261 e. The van der Waals surface area contributed by atoms with Crippen LogP contribution >= 0.6 is 0 Å². The Morgan fingerprint density at radius 3 is 2.60 bits per heavy atom. The van der Waals surface area contributed by atoms with Gasteiger partial charge in [-0.05, 0) is 30.4 Å². The van der Waals surface area contributed by atoms with E-state index in [4.69, 9.17) is 0 Å². The molecule has 0 aliphatic carbocycles. The molecule has 0 unspecified atom stereocenters. The summed E-state index contributed by atoms with van der Waals surface area (Å²) in [5.74, 6) is 0.148. The molecule has 112 valence electrons. The summed E-state index contributed by atoms with van der Waals surface area (Å²) < 4.78 is 0. The third kappa shape index (κ3) is 4.22. The molecular formula is C16H26N2O2. The minimum Gasteiger partial charge on any atom is -0.352 e. The van der Waals surface area contributed by atoms with Crippen molar-refractivity contribution in [2.75, 3.05) is 6.54 Å². The fraction of sp³-hybridized carbons (Fsp3) is 0.625. The number of aryl methyl sites for hydroxylation is 2. The van der Waals surface area contributed by atoms with Gasteiger partial charge in [-0.25, -0.2) is 0 Å². The molecule has 0 bridgehead atoms. The van der Waals surface area contributed by atoms with E-state index in [0.717, 1.165) is 36.9 Å². The molecule has 0 radical (unpaired) electrons. The van der Waals surface area contributed by atoms with Crippen molar-refractivity contribution in [3.05, 3.63) is 33.2 Å². The highest BCUT2D eigenvalue weighted by Gasteiger charge is 2.14. The third-order valence-electron chi connectivity index (χ3n) is 3.64. The molecule has 20 heavy (non-hydrogen) atoms. The lowest BCUT2D eigenvalue weighted by Crippen LogP contribution is -2.33. The average molecular weight is 278 g/mol. The van der Waals surface area contributed by atoms with Crippen LogP contribution in [0.15, 0.2) is 10.9 Å². The van der Waals surface area contributed by atoms with Crippen LogP contribution in [-0.4, -0.2) is 17.4 Å². The van der Waals surface area contributed by atoms with Crippen molar-refractivity contribution >= 4 is 5.91 Å². The van der Waals surface area contributed by atoms with Gasteiger partial charge in [0.15, 0.2) is 0 Å². The molecule has 1 heterocycles. The Morgan fingerprint density at radius 2 is 2.05 bits per heavy atom. The summed E-state index contributed by atoms with van der Waals surface area (Å²) >= 11 is 0. The molecular weight excluding hydrogens is 252 g/mol. The fourth-order valence-corrected chi connectivity index (χ4v) is 2.09. The zero-order valence-electron chi connectivity index (χ0n) is 13.0. The van der Waals surface area contributed by atoms with Gasteiger partial charge in [0.05, 0.1) is 0 Å². The number of hydrogen-bond donors (Lipinski definition) is 2. The number of hydrogen-bond acceptors (Lipinski definition) is 2. The van der Waals surface area contributed by atoms with E-state index < -0.39 is 0 Å². The molecule has 2 N–H and O–H groups in total. The van der Waals surface area contributed by atoms with E-state index in [0.29, 0.717) is 12.5 Å². The first-order valence-electron chi connectivity index (χ1n) is 7.56. The Bertz CT molecular complexity index is 506. The van der Waals surface area contributed by atoms with Crippen molar-refractivity contribution in [1.29, 1.82) is 0 Å². The number of rotatable bonds is 7. The number of carbonyl (C=O) groups is 1. The van der Waals surface area contributed by atoms with E-state index in [1.54, 1.807) is 6.07 Å². The minimum atomic E-state index is -0.289. The SMILES string of the molecule is CCCc1cc(C(=O)NC[C@@H](C)CC)c(=O)[nH]c1CC. The number of pyridine rings is 1. The number of aromatic amines is 1. The lowest BCUT2D eigenvalue weighted by atomic mass is 10.0. The fourth-order valence-electron chi connectivity index (χ4n) is 2.09. The van der Waals surface area contributed by atoms with E-state index in [-0.39, 0.29) is 17.0 Å². The number of nitrogens with one attached hydrogen (secondary N) is 2. The standard InChI is InChI=1S/C16H26N2O2/c1-5-8-12-9-13(16(20)18-14(12)7-3)15(19)17-10-11(4)6-2/h9,11H,5-8,10H2,1-4H3,(H,17,19)(H,18,20)/t11-/m0/s1. The van der Waals surface area contributed by atoms with E-state index in [1.165, 1.54) is 0 Å². The molecule has 1 aromatic rings. The minimum absolute atomic E-state index is 0.231. The first kappa shape index (κ1) is 16.5. The predicted octanol–water partition coefficient (Wildman–Crippen LogP) is 2.67. The van der Waals surface area contributed by atoms with Crippen LogP contribution in [-0.2, 0) is 12.8 Å². The highest BCUT2D eigenvalue weighted by atomic mass is 16.2. The Balaban J connectivity index is 2.96. The molecule has 0 fully saturated rings. The zero-order chi connectivity index (χ0) is 15.1. The number of aromatic nitrogens is 1. The van der Waals surface area contributed by atoms with Gasteiger partial charge in [-0.15, -0.1) is 0 Å². The van der Waals surface area contributed by atoms with E-state index >= 15 is 0 Å². The molecule has 0 aliphatic heterocycles. The first-order chi connectivity index (χ1) is 9.53. The van der Waals surface area contributed by atoms with Crippen LogP contribution in [0.5, 0.6) is 0 Å². The zero-order valence-corrected chi connectivity index (χ0v) is 13.0. The van der Waals surface area contributed by atoms with Crippen LogP contribution in [0.2, 0.25) is 0 Å². The number of carbonyl (C=O) groups excluding carboxylic acids is 1. The highest BCUT2D eigenvalue weighted by Crippen LogP contribution is 2.10. The summed E-state index contributed by atoms with van der Waals surface area (Å²) in [4.78, 5) is 27.0. The maximum atomic E-state index is 12.1. The highest BCUT2D eigenvalue weighted by molar-refractivity contribution is 5.94. The maximum absolute atomic E-state index is 12.1. The Kier molecular flexibility index (Phi) is 6.49. The quantitative estimate of drug-likeness (QED) is 0.805. The van der Waals surface area contributed by atoms with Gasteiger partial charge >= 0.3 is 0 Å². The van der Waals surface area contributed by atoms with Crippen LogP contribution in [0.4, 0.5) is 0 Å². The molecule has 1 aromatic heterocycles. The van der Waals surface area contributed by atoms with Gasteiger partial charge in [0.25, 0.3) is 11.5 Å². The van der Waals surface area contributed by atoms with E-state index in [1.807, 2.05) is 6.92 Å². The van der Waals surface area contributed by atoms with Crippen LogP contribution in [0.1, 0.15) is 62.2 Å². The summed E-state index contributed by atoms with van der Waals surface area (Å²) in [6, 6.07) is 1.76. The molecule has 1 atom stereocenters. The Hall–Kier alpha value is -1.58. The number of amides is 1. The number of H-pyrrole nitrogens is 1. The lowest BCUT2D eigenvalue weighted by molar-refractivity contribution is 0.0946. The van der Waals surface area contributed by atoms with Gasteiger partial charge in [0.2, 0.25) is 0 Å². The van der Waals surface area contributed by atoms with Crippen LogP contribution < -0.4 is 10.9 Å². The Labute approximate surface area is 121 Å². The van der Waals surface area contributed by atoms with E-state index in [9.17, 15) is 9.59 Å². The molecule has 0 aromatic carbocycles. The van der Waals surface area contributed by atoms with Crippen molar-refractivity contribution in [2.45, 2.75) is 53.4 Å². The average Bonchev–Trinajstić information content (AvgIpc) is 2.45. The summed E-state index contributed by atoms with van der Waals surface area (Å²) in [6.07, 6.45) is 3.66. The van der Waals surface area contributed by atoms with E-state index in [2.05, 4.69) is 31.1 Å². The van der Waals surface area contributed by atoms with Gasteiger partial charge in [0, 0.05) is 12.2 Å². The molecule has 4 nitrogen and oxygen atoms in total. The normalized spacial score (nSPS) is 12.2. The van der Waals surface area contributed by atoms with Crippen molar-refractivity contribution in [3.8, 4) is 0 Å². The third-order valence-corrected chi connectivity index (χ3v) is 3.64. The molecule has 0 aliphatic rings. The second-order valence-corrected chi connectivity index (χ2v) is 5.34. The summed E-state index contributed by atoms with van der Waals surface area (Å²) in [6.45, 7) is 8.86. The molecule has 1 amide bonds. The summed E-state index contributed by atoms with van der Waals surface area (Å²) in [5, 5.41) is 2.84. The van der Waals surface area contributed by atoms with Crippen LogP contribution in [0.25, 0.3) is 0 Å². The summed E-state index contributed by atoms with van der Waals surface area (Å²) in [7, 11) is 0. The van der Waals surface area contributed by atoms with Gasteiger partial charge in [-0.1, -0.05) is 40.5 Å². The molecule has 0 saturated heterocycles. The summed E-state index contributed by atoms with van der Waals surface area (Å²) in [5.41, 5.74) is 1.95. The van der Waals surface area contributed by atoms with Gasteiger partial charge in [0.1, 0.15) is 5.56 Å². The van der Waals surface area contributed by atoms with Crippen LogP contribution in [0, 0.1) is 5.92 Å². The van der Waals surface area contributed by atoms with Crippen molar-refractivity contribution < 1.29 is 4.79 Å².